The zero-order chi connectivity index (χ0) is 13.0. The molecule has 0 radical (unpaired) electrons. The fraction of sp³-hybridized carbons (Fsp3) is 0.364. The summed E-state index contributed by atoms with van der Waals surface area (Å²) < 4.78 is 0. The molecule has 1 aromatic rings. The van der Waals surface area contributed by atoms with Crippen molar-refractivity contribution in [3.8, 4) is 0 Å². The van der Waals surface area contributed by atoms with Gasteiger partial charge in [0.05, 0.1) is 16.3 Å². The number of carbonyl (C=O) groups is 1. The molecule has 0 aliphatic heterocycles. The van der Waals surface area contributed by atoms with E-state index in [9.17, 15) is 4.79 Å². The summed E-state index contributed by atoms with van der Waals surface area (Å²) in [6, 6.07) is 3.13. The highest BCUT2D eigenvalue weighted by Crippen LogP contribution is 2.29. The van der Waals surface area contributed by atoms with Crippen molar-refractivity contribution >= 4 is 40.6 Å². The van der Waals surface area contributed by atoms with Crippen LogP contribution >= 0.6 is 23.4 Å². The van der Waals surface area contributed by atoms with Gasteiger partial charge in [-0.05, 0) is 18.4 Å². The Morgan fingerprint density at radius 2 is 2.24 bits per heavy atom. The first-order chi connectivity index (χ1) is 7.95. The molecule has 0 fully saturated rings. The Labute approximate surface area is 110 Å². The summed E-state index contributed by atoms with van der Waals surface area (Å²) in [7, 11) is 0. The Morgan fingerprint density at radius 1 is 1.59 bits per heavy atom. The lowest BCUT2D eigenvalue weighted by Crippen LogP contribution is -2.19. The fourth-order valence-electron chi connectivity index (χ4n) is 1.33. The van der Waals surface area contributed by atoms with Gasteiger partial charge in [-0.3, -0.25) is 4.79 Å². The second kappa shape index (κ2) is 6.02. The third-order valence-electron chi connectivity index (χ3n) is 2.35. The molecule has 0 saturated carbocycles. The molecule has 0 saturated heterocycles. The van der Waals surface area contributed by atoms with Gasteiger partial charge in [0.2, 0.25) is 0 Å². The van der Waals surface area contributed by atoms with E-state index >= 15 is 0 Å². The number of carbonyl (C=O) groups excluding carboxylic acids is 1. The number of nitrogens with one attached hydrogen (secondary N) is 1. The Morgan fingerprint density at radius 3 is 2.76 bits per heavy atom. The number of amides is 1. The summed E-state index contributed by atoms with van der Waals surface area (Å²) >= 11 is 7.77. The Hall–Kier alpha value is -1.07. The number of benzene rings is 1. The van der Waals surface area contributed by atoms with Gasteiger partial charge in [-0.25, -0.2) is 0 Å². The molecule has 5 N–H and O–H groups in total. The third kappa shape index (κ3) is 3.71. The molecule has 1 unspecified atom stereocenters. The molecule has 17 heavy (non-hydrogen) atoms. The standard InChI is InChI=1S/C11H16ClN3OS/c1-6(17-2)5-15-10-8(11(14)16)3-7(13)4-9(10)12/h3-4,6,15H,5,13H2,1-2H3,(H2,14,16). The highest BCUT2D eigenvalue weighted by molar-refractivity contribution is 7.99. The van der Waals surface area contributed by atoms with Crippen molar-refractivity contribution in [3.63, 3.8) is 0 Å². The van der Waals surface area contributed by atoms with Gasteiger partial charge in [0.1, 0.15) is 0 Å². The van der Waals surface area contributed by atoms with Crippen molar-refractivity contribution in [2.75, 3.05) is 23.9 Å². The molecule has 0 aromatic heterocycles. The van der Waals surface area contributed by atoms with Crippen LogP contribution in [0.1, 0.15) is 17.3 Å². The van der Waals surface area contributed by atoms with E-state index < -0.39 is 5.91 Å². The van der Waals surface area contributed by atoms with Crippen molar-refractivity contribution in [2.24, 2.45) is 5.73 Å². The van der Waals surface area contributed by atoms with Gasteiger partial charge in [0.15, 0.2) is 0 Å². The number of nitrogens with two attached hydrogens (primary N) is 2. The van der Waals surface area contributed by atoms with Crippen LogP contribution in [-0.2, 0) is 0 Å². The van der Waals surface area contributed by atoms with E-state index in [1.165, 1.54) is 6.07 Å². The molecular formula is C11H16ClN3OS. The number of halogens is 1. The van der Waals surface area contributed by atoms with Crippen molar-refractivity contribution in [1.29, 1.82) is 0 Å². The highest BCUT2D eigenvalue weighted by Gasteiger charge is 2.13. The predicted molar refractivity (Wildman–Crippen MR) is 75.8 cm³/mol. The van der Waals surface area contributed by atoms with Crippen LogP contribution < -0.4 is 16.8 Å². The van der Waals surface area contributed by atoms with Crippen LogP contribution in [0, 0.1) is 0 Å². The van der Waals surface area contributed by atoms with Crippen molar-refractivity contribution < 1.29 is 4.79 Å². The minimum Gasteiger partial charge on any atom is -0.399 e. The smallest absolute Gasteiger partial charge is 0.250 e. The molecule has 0 aliphatic rings. The molecule has 4 nitrogen and oxygen atoms in total. The van der Waals surface area contributed by atoms with E-state index in [0.29, 0.717) is 33.8 Å². The summed E-state index contributed by atoms with van der Waals surface area (Å²) in [5.74, 6) is -0.543. The topological polar surface area (TPSA) is 81.1 Å². The SMILES string of the molecule is CSC(C)CNc1c(Cl)cc(N)cc1C(N)=O. The van der Waals surface area contributed by atoms with Crippen LogP contribution in [0.4, 0.5) is 11.4 Å². The summed E-state index contributed by atoms with van der Waals surface area (Å²) in [5, 5.41) is 3.95. The molecule has 0 spiro atoms. The summed E-state index contributed by atoms with van der Waals surface area (Å²) in [4.78, 5) is 11.3. The normalized spacial score (nSPS) is 12.2. The molecule has 0 heterocycles. The molecule has 0 bridgehead atoms. The Bertz CT molecular complexity index is 425. The zero-order valence-electron chi connectivity index (χ0n) is 9.79. The summed E-state index contributed by atoms with van der Waals surface area (Å²) in [6.45, 7) is 2.78. The Kier molecular flexibility index (Phi) is 4.96. The molecule has 0 aliphatic carbocycles. The summed E-state index contributed by atoms with van der Waals surface area (Å²) in [5.41, 5.74) is 12.2. The van der Waals surface area contributed by atoms with Crippen molar-refractivity contribution in [2.45, 2.75) is 12.2 Å². The lowest BCUT2D eigenvalue weighted by atomic mass is 10.1. The predicted octanol–water partition coefficient (Wildman–Crippen LogP) is 2.18. The molecule has 1 atom stereocenters. The van der Waals surface area contributed by atoms with Crippen LogP contribution in [-0.4, -0.2) is 24.0 Å². The molecule has 1 aromatic carbocycles. The number of nitrogen functional groups attached to an aromatic ring is 1. The maximum absolute atomic E-state index is 11.3. The van der Waals surface area contributed by atoms with Gasteiger partial charge in [-0.1, -0.05) is 18.5 Å². The van der Waals surface area contributed by atoms with Crippen LogP contribution in [0.3, 0.4) is 0 Å². The van der Waals surface area contributed by atoms with Gasteiger partial charge < -0.3 is 16.8 Å². The second-order valence-corrected chi connectivity index (χ2v) is 5.40. The first kappa shape index (κ1) is 14.0. The van der Waals surface area contributed by atoms with Gasteiger partial charge in [-0.15, -0.1) is 0 Å². The van der Waals surface area contributed by atoms with E-state index in [-0.39, 0.29) is 0 Å². The van der Waals surface area contributed by atoms with E-state index in [1.54, 1.807) is 17.8 Å². The van der Waals surface area contributed by atoms with Gasteiger partial charge in [-0.2, -0.15) is 11.8 Å². The Balaban J connectivity index is 3.00. The van der Waals surface area contributed by atoms with Gasteiger partial charge in [0.25, 0.3) is 5.91 Å². The van der Waals surface area contributed by atoms with Gasteiger partial charge >= 0.3 is 0 Å². The number of thioether (sulfide) groups is 1. The third-order valence-corrected chi connectivity index (χ3v) is 3.62. The van der Waals surface area contributed by atoms with E-state index in [4.69, 9.17) is 23.1 Å². The first-order valence-electron chi connectivity index (χ1n) is 5.11. The average molecular weight is 274 g/mol. The van der Waals surface area contributed by atoms with Crippen molar-refractivity contribution in [3.05, 3.63) is 22.7 Å². The number of rotatable bonds is 5. The fourth-order valence-corrected chi connectivity index (χ4v) is 1.88. The van der Waals surface area contributed by atoms with Gasteiger partial charge in [0, 0.05) is 17.5 Å². The molecular weight excluding hydrogens is 258 g/mol. The minimum absolute atomic E-state index is 0.323. The number of primary amides is 1. The monoisotopic (exact) mass is 273 g/mol. The molecule has 1 amide bonds. The number of hydrogen-bond donors (Lipinski definition) is 3. The van der Waals surface area contributed by atoms with E-state index in [2.05, 4.69) is 12.2 Å². The lowest BCUT2D eigenvalue weighted by molar-refractivity contribution is 0.100. The van der Waals surface area contributed by atoms with Crippen LogP contribution in [0.25, 0.3) is 0 Å². The largest absolute Gasteiger partial charge is 0.399 e. The van der Waals surface area contributed by atoms with Crippen LogP contribution in [0.5, 0.6) is 0 Å². The first-order valence-corrected chi connectivity index (χ1v) is 6.77. The maximum Gasteiger partial charge on any atom is 0.250 e. The van der Waals surface area contributed by atoms with E-state index in [1.807, 2.05) is 6.26 Å². The summed E-state index contributed by atoms with van der Waals surface area (Å²) in [6.07, 6.45) is 2.02. The minimum atomic E-state index is -0.543. The number of hydrogen-bond acceptors (Lipinski definition) is 4. The van der Waals surface area contributed by atoms with Crippen LogP contribution in [0.15, 0.2) is 12.1 Å². The lowest BCUT2D eigenvalue weighted by Gasteiger charge is -2.15. The van der Waals surface area contributed by atoms with E-state index in [0.717, 1.165) is 0 Å². The average Bonchev–Trinajstić information content (AvgIpc) is 2.26. The highest BCUT2D eigenvalue weighted by atomic mass is 35.5. The van der Waals surface area contributed by atoms with Crippen molar-refractivity contribution in [1.82, 2.24) is 0 Å². The maximum atomic E-state index is 11.3. The molecule has 6 heteroatoms. The van der Waals surface area contributed by atoms with Crippen LogP contribution in [0.2, 0.25) is 5.02 Å². The quantitative estimate of drug-likeness (QED) is 0.719. The molecule has 1 rings (SSSR count). The number of anilines is 2. The molecule has 94 valence electrons. The second-order valence-electron chi connectivity index (χ2n) is 3.72. The zero-order valence-corrected chi connectivity index (χ0v) is 11.4.